The number of morpholine rings is 1. The lowest BCUT2D eigenvalue weighted by molar-refractivity contribution is -0.167. The van der Waals surface area contributed by atoms with Crippen molar-refractivity contribution in [2.75, 3.05) is 28.3 Å². The maximum Gasteiger partial charge on any atom is 0.433 e. The zero-order chi connectivity index (χ0) is 38.6. The molecule has 5 amide bonds. The number of pyridine rings is 1. The fraction of sp³-hybridized carbons (Fsp3) is 0.206. The maximum atomic E-state index is 13.8. The summed E-state index contributed by atoms with van der Waals surface area (Å²) in [7, 11) is 0. The number of primary amides is 1. The van der Waals surface area contributed by atoms with E-state index < -0.39 is 59.6 Å². The molecule has 0 spiro atoms. The number of rotatable bonds is 8. The molecule has 276 valence electrons. The maximum absolute atomic E-state index is 13.8. The van der Waals surface area contributed by atoms with E-state index >= 15 is 0 Å². The van der Waals surface area contributed by atoms with Crippen LogP contribution in [-0.4, -0.2) is 80.0 Å². The minimum Gasteiger partial charge on any atom is -0.449 e. The van der Waals surface area contributed by atoms with E-state index in [9.17, 15) is 41.9 Å². The summed E-state index contributed by atoms with van der Waals surface area (Å²) in [5, 5.41) is 6.99. The number of hydrogen-bond acceptors (Lipinski definition) is 12. The quantitative estimate of drug-likeness (QED) is 0.173. The van der Waals surface area contributed by atoms with Gasteiger partial charge in [-0.1, -0.05) is 12.1 Å². The Morgan fingerprint density at radius 3 is 2.41 bits per heavy atom. The number of carbonyl (C=O) groups excluding carboxylic acids is 6. The summed E-state index contributed by atoms with van der Waals surface area (Å²) in [6.45, 7) is 2.31. The largest absolute Gasteiger partial charge is 0.449 e. The molecule has 3 aromatic heterocycles. The van der Waals surface area contributed by atoms with Gasteiger partial charge in [0.25, 0.3) is 29.5 Å². The van der Waals surface area contributed by atoms with Gasteiger partial charge in [0, 0.05) is 30.3 Å². The fourth-order valence-electron chi connectivity index (χ4n) is 6.13. The van der Waals surface area contributed by atoms with Crippen LogP contribution in [0.1, 0.15) is 49.4 Å². The van der Waals surface area contributed by atoms with Crippen LogP contribution in [0, 0.1) is 6.92 Å². The number of aryl methyl sites for hydroxylation is 1. The van der Waals surface area contributed by atoms with Gasteiger partial charge < -0.3 is 20.5 Å². The molecule has 0 bridgehead atoms. The molecule has 5 heterocycles. The standard InChI is InChI=1S/C34H25F3N8O8S/c1-15-13-23(41-45(15)17-9-10-39-22(14-17)34(35,36)37)43-11-12-52-26(33(43)51)25(53-16(2)46)30(48)40-21-8-7-20-27(24(21)28(38)47)54-42-29(20)44-31(49)18-5-3-4-6-19(18)32(44)50/h3-10,13-14,25-26H,11-12H2,1-2H3,(H2,38,47)(H,40,48). The molecule has 2 aliphatic rings. The van der Waals surface area contributed by atoms with Gasteiger partial charge in [0.1, 0.15) is 5.69 Å². The minimum atomic E-state index is -4.71. The Morgan fingerprint density at radius 2 is 1.76 bits per heavy atom. The Morgan fingerprint density at radius 1 is 1.06 bits per heavy atom. The summed E-state index contributed by atoms with van der Waals surface area (Å²) >= 11 is 0.741. The number of imide groups is 1. The van der Waals surface area contributed by atoms with Crippen molar-refractivity contribution in [3.8, 4) is 5.69 Å². The second kappa shape index (κ2) is 13.5. The number of alkyl halides is 3. The van der Waals surface area contributed by atoms with Crippen LogP contribution in [0.25, 0.3) is 15.8 Å². The van der Waals surface area contributed by atoms with E-state index in [2.05, 4.69) is 19.8 Å². The molecule has 16 nitrogen and oxygen atoms in total. The van der Waals surface area contributed by atoms with E-state index in [-0.39, 0.29) is 62.9 Å². The van der Waals surface area contributed by atoms with Gasteiger partial charge in [0.2, 0.25) is 6.10 Å². The molecular weight excluding hydrogens is 737 g/mol. The number of benzene rings is 2. The summed E-state index contributed by atoms with van der Waals surface area (Å²) < 4.78 is 56.4. The number of halogens is 3. The SMILES string of the molecule is CC(=O)OC(C(=O)Nc1ccc2c(N3C(=O)c4ccccc4C3=O)nsc2c1C(N)=O)C1OCCN(c2cc(C)n(-c3ccnc(C(F)(F)F)c3)n2)C1=O. The molecule has 5 aromatic rings. The van der Waals surface area contributed by atoms with Crippen LogP contribution in [0.4, 0.5) is 30.5 Å². The normalized spacial score (nSPS) is 16.5. The van der Waals surface area contributed by atoms with Gasteiger partial charge in [-0.3, -0.25) is 38.7 Å². The van der Waals surface area contributed by atoms with Gasteiger partial charge in [-0.15, -0.1) is 5.10 Å². The first-order chi connectivity index (χ1) is 25.6. The zero-order valence-corrected chi connectivity index (χ0v) is 28.7. The Kier molecular flexibility index (Phi) is 8.93. The molecule has 2 aromatic carbocycles. The van der Waals surface area contributed by atoms with E-state index in [1.54, 1.807) is 19.1 Å². The summed E-state index contributed by atoms with van der Waals surface area (Å²) in [6.07, 6.45) is -7.38. The summed E-state index contributed by atoms with van der Waals surface area (Å²) in [6, 6.07) is 12.4. The lowest BCUT2D eigenvalue weighted by atomic mass is 10.1. The molecule has 3 N–H and O–H groups in total. The van der Waals surface area contributed by atoms with Crippen LogP contribution in [0.15, 0.2) is 60.8 Å². The van der Waals surface area contributed by atoms with Crippen molar-refractivity contribution in [1.29, 1.82) is 0 Å². The van der Waals surface area contributed by atoms with Crippen molar-refractivity contribution >= 4 is 74.4 Å². The molecular formula is C34H25F3N8O8S. The van der Waals surface area contributed by atoms with Crippen molar-refractivity contribution < 1.29 is 51.4 Å². The van der Waals surface area contributed by atoms with Gasteiger partial charge in [-0.2, -0.15) is 17.5 Å². The lowest BCUT2D eigenvalue weighted by Gasteiger charge is -2.34. The van der Waals surface area contributed by atoms with Crippen LogP contribution >= 0.6 is 11.5 Å². The van der Waals surface area contributed by atoms with Gasteiger partial charge in [-0.25, -0.2) is 9.58 Å². The van der Waals surface area contributed by atoms with Gasteiger partial charge >= 0.3 is 12.1 Å². The first-order valence-corrected chi connectivity index (χ1v) is 16.6. The molecule has 2 aliphatic heterocycles. The predicted octanol–water partition coefficient (Wildman–Crippen LogP) is 3.41. The third-order valence-corrected chi connectivity index (χ3v) is 9.38. The van der Waals surface area contributed by atoms with Crippen LogP contribution < -0.4 is 20.9 Å². The van der Waals surface area contributed by atoms with Gasteiger partial charge in [0.05, 0.1) is 45.9 Å². The van der Waals surface area contributed by atoms with Crippen molar-refractivity contribution in [1.82, 2.24) is 19.1 Å². The molecule has 2 atom stereocenters. The van der Waals surface area contributed by atoms with Gasteiger partial charge in [0.15, 0.2) is 17.7 Å². The molecule has 0 saturated carbocycles. The number of aromatic nitrogens is 4. The number of nitrogens with two attached hydrogens (primary N) is 1. The Bertz CT molecular complexity index is 2390. The molecule has 1 fully saturated rings. The summed E-state index contributed by atoms with van der Waals surface area (Å²) in [4.78, 5) is 84.3. The van der Waals surface area contributed by atoms with Gasteiger partial charge in [-0.05, 0) is 54.9 Å². The number of nitrogens with one attached hydrogen (secondary N) is 1. The number of nitrogens with zero attached hydrogens (tertiary/aromatic N) is 6. The van der Waals surface area contributed by atoms with Crippen molar-refractivity contribution in [3.63, 3.8) is 0 Å². The number of fused-ring (bicyclic) bond motifs is 2. The van der Waals surface area contributed by atoms with Crippen molar-refractivity contribution in [2.24, 2.45) is 5.73 Å². The fourth-order valence-corrected chi connectivity index (χ4v) is 7.04. The van der Waals surface area contributed by atoms with Crippen LogP contribution in [0.3, 0.4) is 0 Å². The molecule has 0 aliphatic carbocycles. The minimum absolute atomic E-state index is 0.0127. The average molecular weight is 763 g/mol. The number of anilines is 3. The van der Waals surface area contributed by atoms with E-state index in [4.69, 9.17) is 15.2 Å². The number of ether oxygens (including phenoxy) is 2. The lowest BCUT2D eigenvalue weighted by Crippen LogP contribution is -2.56. The van der Waals surface area contributed by atoms with E-state index in [0.29, 0.717) is 5.69 Å². The van der Waals surface area contributed by atoms with E-state index in [0.717, 1.165) is 40.5 Å². The van der Waals surface area contributed by atoms with Crippen LogP contribution in [0.5, 0.6) is 0 Å². The molecule has 1 saturated heterocycles. The Labute approximate surface area is 305 Å². The van der Waals surface area contributed by atoms with E-state index in [1.165, 1.54) is 41.1 Å². The third-order valence-electron chi connectivity index (χ3n) is 8.51. The molecule has 20 heteroatoms. The Hall–Kier alpha value is -6.54. The molecule has 2 unspecified atom stereocenters. The highest BCUT2D eigenvalue weighted by molar-refractivity contribution is 7.14. The zero-order valence-electron chi connectivity index (χ0n) is 27.9. The molecule has 0 radical (unpaired) electrons. The summed E-state index contributed by atoms with van der Waals surface area (Å²) in [5.41, 5.74) is 4.91. The Balaban J connectivity index is 1.17. The second-order valence-electron chi connectivity index (χ2n) is 12.0. The predicted molar refractivity (Wildman–Crippen MR) is 183 cm³/mol. The highest BCUT2D eigenvalue weighted by Crippen LogP contribution is 2.39. The smallest absolute Gasteiger partial charge is 0.433 e. The van der Waals surface area contributed by atoms with Crippen LogP contribution in [-0.2, 0) is 30.0 Å². The first kappa shape index (κ1) is 35.8. The number of hydrogen-bond donors (Lipinski definition) is 2. The van der Waals surface area contributed by atoms with Crippen molar-refractivity contribution in [3.05, 3.63) is 88.9 Å². The number of carbonyl (C=O) groups is 6. The topological polar surface area (TPSA) is 209 Å². The third kappa shape index (κ3) is 6.19. The summed E-state index contributed by atoms with van der Waals surface area (Å²) in [5.74, 6) is -5.21. The average Bonchev–Trinajstić information content (AvgIpc) is 3.80. The molecule has 7 rings (SSSR count). The van der Waals surface area contributed by atoms with Crippen molar-refractivity contribution in [2.45, 2.75) is 32.2 Å². The van der Waals surface area contributed by atoms with Crippen LogP contribution in [0.2, 0.25) is 0 Å². The first-order valence-electron chi connectivity index (χ1n) is 15.9. The monoisotopic (exact) mass is 762 g/mol. The second-order valence-corrected chi connectivity index (χ2v) is 12.8. The number of amides is 5. The highest BCUT2D eigenvalue weighted by atomic mass is 32.1. The molecule has 54 heavy (non-hydrogen) atoms. The van der Waals surface area contributed by atoms with E-state index in [1.807, 2.05) is 0 Å². The number of esters is 1. The highest BCUT2D eigenvalue weighted by Gasteiger charge is 2.44.